The number of carbonyl (C=O) groups is 2. The number of carbonyl (C=O) groups excluding carboxylic acids is 3. The minimum absolute atomic E-state index is 0.00699. The van der Waals surface area contributed by atoms with Crippen molar-refractivity contribution in [2.75, 3.05) is 33.4 Å². The fourth-order valence-corrected chi connectivity index (χ4v) is 9.81. The van der Waals surface area contributed by atoms with Gasteiger partial charge >= 0.3 is 12.2 Å². The van der Waals surface area contributed by atoms with Gasteiger partial charge in [0.2, 0.25) is 6.08 Å². The molecule has 10 nitrogen and oxygen atoms in total. The summed E-state index contributed by atoms with van der Waals surface area (Å²) in [5, 5.41) is 12.0. The van der Waals surface area contributed by atoms with E-state index in [1.165, 1.54) is 0 Å². The van der Waals surface area contributed by atoms with E-state index in [9.17, 15) is 14.4 Å². The van der Waals surface area contributed by atoms with Crippen LogP contribution in [0.2, 0.25) is 0 Å². The molecule has 0 aliphatic heterocycles. The predicted octanol–water partition coefficient (Wildman–Crippen LogP) is 9.81. The largest absolute Gasteiger partial charge is 0.450 e. The molecule has 0 spiro atoms. The first kappa shape index (κ1) is 44.4. The Hall–Kier alpha value is -2.79. The van der Waals surface area contributed by atoms with Crippen molar-refractivity contribution in [2.24, 2.45) is 44.4 Å². The maximum atomic E-state index is 13.1. The maximum Gasteiger partial charge on any atom is 0.409 e. The average Bonchev–Trinajstić information content (AvgIpc) is 3.04. The van der Waals surface area contributed by atoms with Gasteiger partial charge in [-0.05, 0) is 91.8 Å². The first-order chi connectivity index (χ1) is 23.9. The summed E-state index contributed by atoms with van der Waals surface area (Å²) in [6.07, 6.45) is 16.4. The SMILES string of the molecule is CCC(CCOC(=O)N(C)C1CC(C)(C)CC(C)(COC#N)C1)CCC(CC)CC(CC)CCOC(=O)NC1CC(C)(C)CC(C)(CN=C=O)C1. The molecule has 10 heteroatoms. The lowest BCUT2D eigenvalue weighted by molar-refractivity contribution is -0.0102. The van der Waals surface area contributed by atoms with Crippen LogP contribution >= 0.6 is 0 Å². The maximum absolute atomic E-state index is 13.1. The number of ether oxygens (including phenoxy) is 3. The van der Waals surface area contributed by atoms with Crippen LogP contribution in [0.4, 0.5) is 9.59 Å². The minimum atomic E-state index is -0.357. The van der Waals surface area contributed by atoms with Crippen LogP contribution in [0.1, 0.15) is 152 Å². The van der Waals surface area contributed by atoms with E-state index in [1.807, 2.05) is 13.3 Å². The fourth-order valence-electron chi connectivity index (χ4n) is 9.81. The number of isocyanates is 1. The lowest BCUT2D eigenvalue weighted by Crippen LogP contribution is -2.49. The molecular formula is C41H72N4O6. The molecule has 0 bridgehead atoms. The highest BCUT2D eigenvalue weighted by Gasteiger charge is 2.44. The smallest absolute Gasteiger partial charge is 0.409 e. The summed E-state index contributed by atoms with van der Waals surface area (Å²) in [4.78, 5) is 42.2. The molecule has 2 aliphatic rings. The van der Waals surface area contributed by atoms with E-state index in [-0.39, 0.29) is 45.9 Å². The zero-order valence-electron chi connectivity index (χ0n) is 33.9. The zero-order valence-corrected chi connectivity index (χ0v) is 33.9. The number of aliphatic imine (C=N–C) groups is 1. The van der Waals surface area contributed by atoms with Crippen molar-refractivity contribution >= 4 is 18.3 Å². The Balaban J connectivity index is 1.76. The van der Waals surface area contributed by atoms with Gasteiger partial charge in [-0.3, -0.25) is 0 Å². The normalized spacial score (nSPS) is 27.1. The molecule has 2 rings (SSSR count). The van der Waals surface area contributed by atoms with E-state index in [4.69, 9.17) is 19.5 Å². The van der Waals surface area contributed by atoms with Gasteiger partial charge in [-0.1, -0.05) is 94.4 Å². The molecule has 0 aromatic carbocycles. The molecule has 51 heavy (non-hydrogen) atoms. The summed E-state index contributed by atoms with van der Waals surface area (Å²) in [5.74, 6) is 1.60. The quantitative estimate of drug-likeness (QED) is 0.0754. The van der Waals surface area contributed by atoms with Crippen molar-refractivity contribution in [3.05, 3.63) is 0 Å². The molecule has 0 heterocycles. The first-order valence-electron chi connectivity index (χ1n) is 19.8. The van der Waals surface area contributed by atoms with Crippen molar-refractivity contribution in [1.82, 2.24) is 10.2 Å². The Labute approximate surface area is 310 Å². The van der Waals surface area contributed by atoms with E-state index in [2.05, 4.69) is 72.6 Å². The Morgan fingerprint density at radius 1 is 0.824 bits per heavy atom. The van der Waals surface area contributed by atoms with E-state index < -0.39 is 0 Å². The van der Waals surface area contributed by atoms with Crippen molar-refractivity contribution in [2.45, 2.75) is 164 Å². The van der Waals surface area contributed by atoms with Crippen LogP contribution in [0.15, 0.2) is 4.99 Å². The third kappa shape index (κ3) is 15.8. The summed E-state index contributed by atoms with van der Waals surface area (Å²) in [6.45, 7) is 21.5. The van der Waals surface area contributed by atoms with Crippen LogP contribution in [-0.2, 0) is 19.0 Å². The zero-order chi connectivity index (χ0) is 38.3. The standard InChI is InChI=1S/C41H72N4O6/c1-11-31(16-19-51-37(48)45(10)35-23-39(6,7)26-41(9,24-35)28-49-29-42)14-15-32(12-2)20-33(13-3)17-18-50-36(47)44-34-21-38(4,5)25-40(8,22-34)27-43-30-46/h31-35H,11-28H2,1-10H3,(H,44,47). The van der Waals surface area contributed by atoms with Crippen molar-refractivity contribution in [3.63, 3.8) is 0 Å². The van der Waals surface area contributed by atoms with Crippen molar-refractivity contribution in [3.8, 4) is 6.26 Å². The third-order valence-corrected chi connectivity index (χ3v) is 11.9. The molecule has 2 amide bonds. The first-order valence-corrected chi connectivity index (χ1v) is 19.8. The minimum Gasteiger partial charge on any atom is -0.450 e. The van der Waals surface area contributed by atoms with Crippen LogP contribution in [-0.4, -0.2) is 68.7 Å². The third-order valence-electron chi connectivity index (χ3n) is 11.9. The monoisotopic (exact) mass is 717 g/mol. The van der Waals surface area contributed by atoms with E-state index >= 15 is 0 Å². The number of alkyl carbamates (subject to hydrolysis) is 1. The molecule has 0 aromatic heterocycles. The van der Waals surface area contributed by atoms with Gasteiger partial charge in [-0.2, -0.15) is 5.26 Å². The number of rotatable bonds is 20. The number of hydrogen-bond donors (Lipinski definition) is 1. The number of hydrogen-bond acceptors (Lipinski definition) is 8. The number of nitrogens with zero attached hydrogens (tertiary/aromatic N) is 3. The van der Waals surface area contributed by atoms with Crippen molar-refractivity contribution in [1.29, 1.82) is 5.26 Å². The molecule has 1 N–H and O–H groups in total. The van der Waals surface area contributed by atoms with Gasteiger partial charge in [-0.25, -0.2) is 19.4 Å². The Morgan fingerprint density at radius 3 is 2.02 bits per heavy atom. The van der Waals surface area contributed by atoms with Gasteiger partial charge in [0.1, 0.15) is 6.61 Å². The predicted molar refractivity (Wildman–Crippen MR) is 202 cm³/mol. The van der Waals surface area contributed by atoms with Crippen LogP contribution < -0.4 is 5.32 Å². The second kappa shape index (κ2) is 20.5. The Morgan fingerprint density at radius 2 is 1.39 bits per heavy atom. The molecule has 2 saturated carbocycles. The van der Waals surface area contributed by atoms with Gasteiger partial charge in [-0.15, -0.1) is 0 Å². The average molecular weight is 717 g/mol. The molecule has 7 unspecified atom stereocenters. The summed E-state index contributed by atoms with van der Waals surface area (Å²) < 4.78 is 16.6. The van der Waals surface area contributed by atoms with Gasteiger partial charge in [0, 0.05) is 24.5 Å². The number of amides is 2. The molecule has 0 radical (unpaired) electrons. The van der Waals surface area contributed by atoms with Crippen LogP contribution in [0, 0.1) is 50.9 Å². The summed E-state index contributed by atoms with van der Waals surface area (Å²) >= 11 is 0. The highest BCUT2D eigenvalue weighted by molar-refractivity contribution is 5.68. The molecule has 7 atom stereocenters. The molecular weight excluding hydrogens is 644 g/mol. The lowest BCUT2D eigenvalue weighted by atomic mass is 9.62. The second-order valence-electron chi connectivity index (χ2n) is 18.5. The number of nitriles is 1. The molecule has 292 valence electrons. The van der Waals surface area contributed by atoms with Gasteiger partial charge < -0.3 is 24.4 Å². The molecule has 0 saturated heterocycles. The van der Waals surface area contributed by atoms with Crippen LogP contribution in [0.25, 0.3) is 0 Å². The summed E-state index contributed by atoms with van der Waals surface area (Å²) in [6, 6.07) is 0.0378. The summed E-state index contributed by atoms with van der Waals surface area (Å²) in [5.41, 5.74) is -0.236. The van der Waals surface area contributed by atoms with Crippen LogP contribution in [0.5, 0.6) is 0 Å². The van der Waals surface area contributed by atoms with Gasteiger partial charge in [0.05, 0.1) is 19.8 Å². The second-order valence-corrected chi connectivity index (χ2v) is 18.5. The van der Waals surface area contributed by atoms with Gasteiger partial charge in [0.15, 0.2) is 0 Å². The topological polar surface area (TPSA) is 130 Å². The van der Waals surface area contributed by atoms with E-state index in [1.54, 1.807) is 11.0 Å². The van der Waals surface area contributed by atoms with E-state index in [0.29, 0.717) is 44.1 Å². The van der Waals surface area contributed by atoms with E-state index in [0.717, 1.165) is 89.9 Å². The highest BCUT2D eigenvalue weighted by atomic mass is 16.6. The van der Waals surface area contributed by atoms with Crippen LogP contribution in [0.3, 0.4) is 0 Å². The Bertz CT molecular complexity index is 1180. The molecule has 0 aromatic rings. The van der Waals surface area contributed by atoms with Gasteiger partial charge in [0.25, 0.3) is 6.26 Å². The fraction of sp³-hybridized carbons (Fsp3) is 0.902. The molecule has 2 fully saturated rings. The number of nitrogens with one attached hydrogen (secondary N) is 1. The highest BCUT2D eigenvalue weighted by Crippen LogP contribution is 2.48. The molecule has 2 aliphatic carbocycles. The summed E-state index contributed by atoms with van der Waals surface area (Å²) in [7, 11) is 1.84. The Kier molecular flexibility index (Phi) is 17.8. The lowest BCUT2D eigenvalue weighted by Gasteiger charge is -2.48. The van der Waals surface area contributed by atoms with Crippen molar-refractivity contribution < 1.29 is 28.6 Å².